The highest BCUT2D eigenvalue weighted by atomic mass is 32.2. The van der Waals surface area contributed by atoms with Crippen LogP contribution in [0, 0.1) is 13.8 Å². The van der Waals surface area contributed by atoms with Crippen LogP contribution >= 0.6 is 11.8 Å². The number of guanidine groups is 1. The summed E-state index contributed by atoms with van der Waals surface area (Å²) < 4.78 is 1.97. The number of nitrogens with zero attached hydrogens (tertiary/aromatic N) is 4. The van der Waals surface area contributed by atoms with E-state index in [1.165, 1.54) is 0 Å². The van der Waals surface area contributed by atoms with Crippen molar-refractivity contribution >= 4 is 35.0 Å². The summed E-state index contributed by atoms with van der Waals surface area (Å²) in [7, 11) is 3.90. The first-order valence-electron chi connectivity index (χ1n) is 10.9. The molecule has 0 saturated heterocycles. The number of hydrogen-bond acceptors (Lipinski definition) is 5. The van der Waals surface area contributed by atoms with Crippen molar-refractivity contribution in [1.82, 2.24) is 15.1 Å². The SMILES string of the molecule is CCn1nc(C)c(CN=C(NC(=O)c2cccc(N(C)C)c2)Nc2cccc(SC)c2)c1C. The van der Waals surface area contributed by atoms with Crippen molar-refractivity contribution in [3.05, 3.63) is 71.0 Å². The topological polar surface area (TPSA) is 74.5 Å². The molecule has 0 aliphatic carbocycles. The van der Waals surface area contributed by atoms with Gasteiger partial charge in [-0.1, -0.05) is 12.1 Å². The molecule has 174 valence electrons. The number of aromatic nitrogens is 2. The number of amides is 1. The van der Waals surface area contributed by atoms with Crippen molar-refractivity contribution < 1.29 is 4.79 Å². The van der Waals surface area contributed by atoms with Gasteiger partial charge in [-0.3, -0.25) is 14.8 Å². The maximum absolute atomic E-state index is 13.1. The largest absolute Gasteiger partial charge is 0.378 e. The van der Waals surface area contributed by atoms with Crippen LogP contribution in [0.15, 0.2) is 58.4 Å². The van der Waals surface area contributed by atoms with E-state index in [4.69, 9.17) is 4.99 Å². The Morgan fingerprint density at radius 3 is 2.58 bits per heavy atom. The Balaban J connectivity index is 1.89. The lowest BCUT2D eigenvalue weighted by molar-refractivity contribution is 0.0977. The van der Waals surface area contributed by atoms with Crippen molar-refractivity contribution in [3.63, 3.8) is 0 Å². The second-order valence-corrected chi connectivity index (χ2v) is 8.77. The van der Waals surface area contributed by atoms with Gasteiger partial charge in [0.25, 0.3) is 5.91 Å². The molecule has 0 unspecified atom stereocenters. The van der Waals surface area contributed by atoms with Gasteiger partial charge in [-0.2, -0.15) is 5.10 Å². The minimum atomic E-state index is -0.219. The zero-order valence-electron chi connectivity index (χ0n) is 20.1. The molecule has 0 aliphatic heterocycles. The molecule has 3 aromatic rings. The van der Waals surface area contributed by atoms with Crippen molar-refractivity contribution in [1.29, 1.82) is 0 Å². The highest BCUT2D eigenvalue weighted by Crippen LogP contribution is 2.20. The highest BCUT2D eigenvalue weighted by molar-refractivity contribution is 7.98. The summed E-state index contributed by atoms with van der Waals surface area (Å²) in [6, 6.07) is 15.5. The molecule has 8 heteroatoms. The molecule has 1 amide bonds. The van der Waals surface area contributed by atoms with E-state index in [0.717, 1.165) is 39.8 Å². The van der Waals surface area contributed by atoms with E-state index in [0.29, 0.717) is 18.1 Å². The van der Waals surface area contributed by atoms with Crippen LogP contribution in [-0.4, -0.2) is 42.0 Å². The molecule has 0 atom stereocenters. The molecule has 0 radical (unpaired) electrons. The van der Waals surface area contributed by atoms with Crippen LogP contribution in [0.25, 0.3) is 0 Å². The standard InChI is InChI=1S/C25H32N6OS/c1-7-31-18(3)23(17(2)29-31)16-26-25(27-20-11-9-13-22(15-20)33-6)28-24(32)19-10-8-12-21(14-19)30(4)5/h8-15H,7,16H2,1-6H3,(H2,26,27,28,32). The van der Waals surface area contributed by atoms with E-state index in [1.807, 2.05) is 79.3 Å². The third kappa shape index (κ3) is 6.16. The van der Waals surface area contributed by atoms with Crippen LogP contribution < -0.4 is 15.5 Å². The average Bonchev–Trinajstić information content (AvgIpc) is 3.09. The zero-order valence-corrected chi connectivity index (χ0v) is 21.0. The third-order valence-electron chi connectivity index (χ3n) is 5.42. The Morgan fingerprint density at radius 2 is 1.91 bits per heavy atom. The molecule has 1 aromatic heterocycles. The van der Waals surface area contributed by atoms with E-state index in [-0.39, 0.29) is 5.91 Å². The predicted octanol–water partition coefficient (Wildman–Crippen LogP) is 4.71. The quantitative estimate of drug-likeness (QED) is 0.301. The number of carbonyl (C=O) groups is 1. The number of aliphatic imine (C=N–C) groups is 1. The monoisotopic (exact) mass is 464 g/mol. The van der Waals surface area contributed by atoms with Crippen LogP contribution in [0.5, 0.6) is 0 Å². The van der Waals surface area contributed by atoms with Crippen molar-refractivity contribution in [2.75, 3.05) is 30.6 Å². The summed E-state index contributed by atoms with van der Waals surface area (Å²) in [4.78, 5) is 20.9. The number of aryl methyl sites for hydroxylation is 2. The van der Waals surface area contributed by atoms with Crippen molar-refractivity contribution in [2.45, 2.75) is 38.8 Å². The molecule has 0 fully saturated rings. The fourth-order valence-electron chi connectivity index (χ4n) is 3.48. The summed E-state index contributed by atoms with van der Waals surface area (Å²) in [6.07, 6.45) is 2.03. The fourth-order valence-corrected chi connectivity index (χ4v) is 3.94. The van der Waals surface area contributed by atoms with Crippen LogP contribution in [0.2, 0.25) is 0 Å². The number of anilines is 2. The van der Waals surface area contributed by atoms with Crippen molar-refractivity contribution in [3.8, 4) is 0 Å². The molecule has 3 rings (SSSR count). The molecule has 0 bridgehead atoms. The van der Waals surface area contributed by atoms with Gasteiger partial charge < -0.3 is 10.2 Å². The summed E-state index contributed by atoms with van der Waals surface area (Å²) in [5, 5.41) is 10.8. The van der Waals surface area contributed by atoms with Crippen LogP contribution in [0.1, 0.15) is 34.2 Å². The molecule has 2 aromatic carbocycles. The van der Waals surface area contributed by atoms with Crippen LogP contribution in [0.4, 0.5) is 11.4 Å². The van der Waals surface area contributed by atoms with Crippen LogP contribution in [0.3, 0.4) is 0 Å². The minimum absolute atomic E-state index is 0.219. The van der Waals surface area contributed by atoms with Gasteiger partial charge in [0.2, 0.25) is 5.96 Å². The molecule has 33 heavy (non-hydrogen) atoms. The highest BCUT2D eigenvalue weighted by Gasteiger charge is 2.14. The minimum Gasteiger partial charge on any atom is -0.378 e. The molecule has 2 N–H and O–H groups in total. The van der Waals surface area contributed by atoms with Gasteiger partial charge in [-0.15, -0.1) is 11.8 Å². The molecule has 0 aliphatic rings. The Hall–Kier alpha value is -3.26. The first kappa shape index (κ1) is 24.4. The Morgan fingerprint density at radius 1 is 1.15 bits per heavy atom. The molecular formula is C25H32N6OS. The van der Waals surface area contributed by atoms with E-state index in [9.17, 15) is 4.79 Å². The van der Waals surface area contributed by atoms with E-state index < -0.39 is 0 Å². The van der Waals surface area contributed by atoms with Gasteiger partial charge in [0, 0.05) is 53.7 Å². The zero-order chi connectivity index (χ0) is 24.0. The first-order valence-corrected chi connectivity index (χ1v) is 12.1. The number of benzene rings is 2. The molecular weight excluding hydrogens is 432 g/mol. The number of carbonyl (C=O) groups excluding carboxylic acids is 1. The Kier molecular flexibility index (Phi) is 8.16. The average molecular weight is 465 g/mol. The van der Waals surface area contributed by atoms with Crippen molar-refractivity contribution in [2.24, 2.45) is 4.99 Å². The Bertz CT molecular complexity index is 1150. The van der Waals surface area contributed by atoms with Crippen LogP contribution in [-0.2, 0) is 13.1 Å². The van der Waals surface area contributed by atoms with E-state index in [1.54, 1.807) is 17.8 Å². The van der Waals surface area contributed by atoms with Gasteiger partial charge in [0.15, 0.2) is 0 Å². The normalized spacial score (nSPS) is 11.4. The second-order valence-electron chi connectivity index (χ2n) is 7.89. The summed E-state index contributed by atoms with van der Waals surface area (Å²) >= 11 is 1.66. The van der Waals surface area contributed by atoms with E-state index >= 15 is 0 Å². The lowest BCUT2D eigenvalue weighted by Crippen LogP contribution is -2.36. The smallest absolute Gasteiger partial charge is 0.258 e. The fraction of sp³-hybridized carbons (Fsp3) is 0.320. The third-order valence-corrected chi connectivity index (χ3v) is 6.14. The lowest BCUT2D eigenvalue weighted by Gasteiger charge is -2.15. The molecule has 1 heterocycles. The molecule has 0 spiro atoms. The molecule has 7 nitrogen and oxygen atoms in total. The second kappa shape index (κ2) is 11.0. The molecule has 0 saturated carbocycles. The summed E-state index contributed by atoms with van der Waals surface area (Å²) in [6.45, 7) is 7.33. The number of nitrogens with one attached hydrogen (secondary N) is 2. The predicted molar refractivity (Wildman–Crippen MR) is 139 cm³/mol. The van der Waals surface area contributed by atoms with Gasteiger partial charge >= 0.3 is 0 Å². The number of thioether (sulfide) groups is 1. The van der Waals surface area contributed by atoms with Gasteiger partial charge in [-0.05, 0) is 63.4 Å². The summed E-state index contributed by atoms with van der Waals surface area (Å²) in [5.41, 5.74) is 5.50. The maximum atomic E-state index is 13.1. The lowest BCUT2D eigenvalue weighted by atomic mass is 10.2. The maximum Gasteiger partial charge on any atom is 0.258 e. The number of hydrogen-bond donors (Lipinski definition) is 2. The van der Waals surface area contributed by atoms with Gasteiger partial charge in [0.05, 0.1) is 12.2 Å². The van der Waals surface area contributed by atoms with Gasteiger partial charge in [0.1, 0.15) is 0 Å². The van der Waals surface area contributed by atoms with E-state index in [2.05, 4.69) is 29.6 Å². The summed E-state index contributed by atoms with van der Waals surface area (Å²) in [5.74, 6) is 0.181. The van der Waals surface area contributed by atoms with Gasteiger partial charge in [-0.25, -0.2) is 4.99 Å². The first-order chi connectivity index (χ1) is 15.8. The number of rotatable bonds is 7. The Labute approximate surface area is 200 Å².